The quantitative estimate of drug-likeness (QED) is 0.776. The predicted octanol–water partition coefficient (Wildman–Crippen LogP) is 0.968. The van der Waals surface area contributed by atoms with Crippen molar-refractivity contribution < 1.29 is 14.6 Å². The highest BCUT2D eigenvalue weighted by molar-refractivity contribution is 5.68. The number of amides is 1. The summed E-state index contributed by atoms with van der Waals surface area (Å²) in [7, 11) is 0. The number of hydrogen-bond donors (Lipinski definition) is 2. The van der Waals surface area contributed by atoms with Crippen molar-refractivity contribution in [3.8, 4) is 0 Å². The first-order valence-corrected chi connectivity index (χ1v) is 6.25. The van der Waals surface area contributed by atoms with E-state index in [1.807, 2.05) is 20.8 Å². The molecule has 1 fully saturated rings. The van der Waals surface area contributed by atoms with Crippen molar-refractivity contribution in [1.29, 1.82) is 0 Å². The van der Waals surface area contributed by atoms with Gasteiger partial charge in [0.1, 0.15) is 5.60 Å². The van der Waals surface area contributed by atoms with E-state index < -0.39 is 5.60 Å². The van der Waals surface area contributed by atoms with E-state index in [4.69, 9.17) is 9.84 Å². The second-order valence-electron chi connectivity index (χ2n) is 5.38. The van der Waals surface area contributed by atoms with Crippen LogP contribution in [0.25, 0.3) is 0 Å². The molecule has 0 aromatic rings. The van der Waals surface area contributed by atoms with E-state index >= 15 is 0 Å². The molecule has 1 aliphatic heterocycles. The Kier molecular flexibility index (Phi) is 5.21. The lowest BCUT2D eigenvalue weighted by Gasteiger charge is -2.35. The van der Waals surface area contributed by atoms with Crippen LogP contribution in [0, 0.1) is 0 Å². The number of aliphatic hydroxyl groups excluding tert-OH is 1. The normalized spacial score (nSPS) is 17.9. The average molecular weight is 244 g/mol. The molecule has 0 bridgehead atoms. The van der Waals surface area contributed by atoms with Crippen LogP contribution >= 0.6 is 0 Å². The van der Waals surface area contributed by atoms with Crippen LogP contribution in [0.3, 0.4) is 0 Å². The summed E-state index contributed by atoms with van der Waals surface area (Å²) in [6.07, 6.45) is 1.51. The second-order valence-corrected chi connectivity index (χ2v) is 5.38. The molecular formula is C12H24N2O3. The van der Waals surface area contributed by atoms with Gasteiger partial charge in [0.25, 0.3) is 0 Å². The molecule has 1 amide bonds. The summed E-state index contributed by atoms with van der Waals surface area (Å²) in [5.74, 6) is 0. The molecule has 0 unspecified atom stereocenters. The Morgan fingerprint density at radius 1 is 1.41 bits per heavy atom. The van der Waals surface area contributed by atoms with E-state index in [0.717, 1.165) is 25.9 Å². The third-order valence-electron chi connectivity index (χ3n) is 2.72. The Bertz CT molecular complexity index is 245. The Labute approximate surface area is 103 Å². The van der Waals surface area contributed by atoms with Crippen molar-refractivity contribution in [2.75, 3.05) is 26.2 Å². The summed E-state index contributed by atoms with van der Waals surface area (Å²) in [5, 5.41) is 12.3. The molecule has 0 aromatic heterocycles. The fourth-order valence-electron chi connectivity index (χ4n) is 1.97. The van der Waals surface area contributed by atoms with Gasteiger partial charge in [-0.25, -0.2) is 4.79 Å². The summed E-state index contributed by atoms with van der Waals surface area (Å²) in [6.45, 7) is 7.70. The van der Waals surface area contributed by atoms with Gasteiger partial charge in [-0.3, -0.25) is 0 Å². The van der Waals surface area contributed by atoms with Gasteiger partial charge < -0.3 is 20.1 Å². The number of carbonyl (C=O) groups excluding carboxylic acids is 1. The van der Waals surface area contributed by atoms with Gasteiger partial charge in [0.15, 0.2) is 0 Å². The Hall–Kier alpha value is -0.810. The third kappa shape index (κ3) is 4.91. The Balaban J connectivity index is 2.60. The minimum Gasteiger partial charge on any atom is -0.444 e. The topological polar surface area (TPSA) is 61.8 Å². The SMILES string of the molecule is CC(C)(C)OC(=O)N(CCO)C1CCNCC1. The minimum absolute atomic E-state index is 0.0246. The molecule has 5 nitrogen and oxygen atoms in total. The summed E-state index contributed by atoms with van der Waals surface area (Å²) in [4.78, 5) is 13.7. The number of rotatable bonds is 3. The van der Waals surface area contributed by atoms with Crippen LogP contribution in [0.2, 0.25) is 0 Å². The van der Waals surface area contributed by atoms with E-state index in [2.05, 4.69) is 5.32 Å². The smallest absolute Gasteiger partial charge is 0.410 e. The van der Waals surface area contributed by atoms with Crippen molar-refractivity contribution in [3.05, 3.63) is 0 Å². The van der Waals surface area contributed by atoms with Crippen LogP contribution in [0.4, 0.5) is 4.79 Å². The van der Waals surface area contributed by atoms with Gasteiger partial charge in [-0.2, -0.15) is 0 Å². The first-order valence-electron chi connectivity index (χ1n) is 6.25. The summed E-state index contributed by atoms with van der Waals surface area (Å²) >= 11 is 0. The van der Waals surface area contributed by atoms with Crippen molar-refractivity contribution in [2.45, 2.75) is 45.3 Å². The van der Waals surface area contributed by atoms with Gasteiger partial charge in [0, 0.05) is 12.6 Å². The molecule has 1 heterocycles. The van der Waals surface area contributed by atoms with Crippen molar-refractivity contribution in [3.63, 3.8) is 0 Å². The Morgan fingerprint density at radius 3 is 2.47 bits per heavy atom. The zero-order chi connectivity index (χ0) is 12.9. The van der Waals surface area contributed by atoms with Gasteiger partial charge >= 0.3 is 6.09 Å². The highest BCUT2D eigenvalue weighted by Crippen LogP contribution is 2.16. The van der Waals surface area contributed by atoms with E-state index in [9.17, 15) is 4.79 Å². The molecule has 1 saturated heterocycles. The number of aliphatic hydroxyl groups is 1. The Morgan fingerprint density at radius 2 is 2.00 bits per heavy atom. The molecule has 5 heteroatoms. The number of nitrogens with one attached hydrogen (secondary N) is 1. The number of hydrogen-bond acceptors (Lipinski definition) is 4. The molecule has 0 radical (unpaired) electrons. The van der Waals surface area contributed by atoms with Crippen molar-refractivity contribution >= 4 is 6.09 Å². The maximum absolute atomic E-state index is 12.0. The molecular weight excluding hydrogens is 220 g/mol. The van der Waals surface area contributed by atoms with Crippen LogP contribution in [0.5, 0.6) is 0 Å². The zero-order valence-corrected chi connectivity index (χ0v) is 11.0. The molecule has 1 aliphatic rings. The average Bonchev–Trinajstić information content (AvgIpc) is 2.24. The lowest BCUT2D eigenvalue weighted by atomic mass is 10.1. The van der Waals surface area contributed by atoms with E-state index in [0.29, 0.717) is 6.54 Å². The lowest BCUT2D eigenvalue weighted by Crippen LogP contribution is -2.48. The molecule has 0 aliphatic carbocycles. The molecule has 0 aromatic carbocycles. The lowest BCUT2D eigenvalue weighted by molar-refractivity contribution is 0.00906. The fourth-order valence-corrected chi connectivity index (χ4v) is 1.97. The number of piperidine rings is 1. The van der Waals surface area contributed by atoms with Crippen LogP contribution < -0.4 is 5.32 Å². The molecule has 0 spiro atoms. The summed E-state index contributed by atoms with van der Waals surface area (Å²) in [6, 6.07) is 0.179. The standard InChI is InChI=1S/C12H24N2O3/c1-12(2,3)17-11(16)14(8-9-15)10-4-6-13-7-5-10/h10,13,15H,4-9H2,1-3H3. The number of ether oxygens (including phenoxy) is 1. The van der Waals surface area contributed by atoms with Gasteiger partial charge in [0.2, 0.25) is 0 Å². The largest absolute Gasteiger partial charge is 0.444 e. The predicted molar refractivity (Wildman–Crippen MR) is 65.9 cm³/mol. The van der Waals surface area contributed by atoms with Crippen molar-refractivity contribution in [2.24, 2.45) is 0 Å². The van der Waals surface area contributed by atoms with Gasteiger partial charge in [0.05, 0.1) is 6.61 Å². The van der Waals surface area contributed by atoms with Gasteiger partial charge in [-0.1, -0.05) is 0 Å². The maximum atomic E-state index is 12.0. The highest BCUT2D eigenvalue weighted by Gasteiger charge is 2.28. The number of nitrogens with zero attached hydrogens (tertiary/aromatic N) is 1. The molecule has 0 atom stereocenters. The fraction of sp³-hybridized carbons (Fsp3) is 0.917. The maximum Gasteiger partial charge on any atom is 0.410 e. The monoisotopic (exact) mass is 244 g/mol. The summed E-state index contributed by atoms with van der Waals surface area (Å²) < 4.78 is 5.36. The molecule has 100 valence electrons. The minimum atomic E-state index is -0.488. The van der Waals surface area contributed by atoms with Crippen LogP contribution in [0.15, 0.2) is 0 Å². The zero-order valence-electron chi connectivity index (χ0n) is 11.0. The molecule has 17 heavy (non-hydrogen) atoms. The third-order valence-corrected chi connectivity index (χ3v) is 2.72. The van der Waals surface area contributed by atoms with E-state index in [1.54, 1.807) is 4.90 Å². The van der Waals surface area contributed by atoms with Crippen LogP contribution in [0.1, 0.15) is 33.6 Å². The molecule has 2 N–H and O–H groups in total. The number of carbonyl (C=O) groups is 1. The van der Waals surface area contributed by atoms with Crippen LogP contribution in [-0.4, -0.2) is 54.0 Å². The summed E-state index contributed by atoms with van der Waals surface area (Å²) in [5.41, 5.74) is -0.488. The second kappa shape index (κ2) is 6.21. The molecule has 1 rings (SSSR count). The molecule has 0 saturated carbocycles. The first-order chi connectivity index (χ1) is 7.94. The van der Waals surface area contributed by atoms with Gasteiger partial charge in [-0.05, 0) is 46.7 Å². The van der Waals surface area contributed by atoms with E-state index in [1.165, 1.54) is 0 Å². The van der Waals surface area contributed by atoms with Crippen LogP contribution in [-0.2, 0) is 4.74 Å². The highest BCUT2D eigenvalue weighted by atomic mass is 16.6. The first kappa shape index (κ1) is 14.3. The van der Waals surface area contributed by atoms with Crippen molar-refractivity contribution in [1.82, 2.24) is 10.2 Å². The van der Waals surface area contributed by atoms with Gasteiger partial charge in [-0.15, -0.1) is 0 Å². The van der Waals surface area contributed by atoms with E-state index in [-0.39, 0.29) is 18.7 Å².